The molecular formula is C26H25N5O. The van der Waals surface area contributed by atoms with Gasteiger partial charge in [0.05, 0.1) is 17.9 Å². The van der Waals surface area contributed by atoms with E-state index in [9.17, 15) is 4.79 Å². The minimum atomic E-state index is -0.108. The van der Waals surface area contributed by atoms with Crippen molar-refractivity contribution < 1.29 is 4.79 Å². The van der Waals surface area contributed by atoms with Crippen molar-refractivity contribution in [1.29, 1.82) is 0 Å². The van der Waals surface area contributed by atoms with Gasteiger partial charge in [-0.15, -0.1) is 0 Å². The van der Waals surface area contributed by atoms with Crippen LogP contribution in [0.25, 0.3) is 22.2 Å². The molecule has 1 aliphatic heterocycles. The quantitative estimate of drug-likeness (QED) is 0.506. The molecule has 160 valence electrons. The first-order chi connectivity index (χ1) is 15.6. The number of carbonyl (C=O) groups excluding carboxylic acids is 1. The molecule has 32 heavy (non-hydrogen) atoms. The summed E-state index contributed by atoms with van der Waals surface area (Å²) in [6.07, 6.45) is 0.696. The van der Waals surface area contributed by atoms with Gasteiger partial charge in [-0.25, -0.2) is 14.8 Å². The maximum atomic E-state index is 13.2. The Morgan fingerprint density at radius 3 is 2.50 bits per heavy atom. The fourth-order valence-electron chi connectivity index (χ4n) is 4.18. The van der Waals surface area contributed by atoms with E-state index >= 15 is 0 Å². The number of nitrogens with one attached hydrogen (secondary N) is 1. The zero-order valence-electron chi connectivity index (χ0n) is 18.2. The van der Waals surface area contributed by atoms with Crippen LogP contribution in [0.1, 0.15) is 11.3 Å². The molecule has 0 radical (unpaired) electrons. The molecule has 0 unspecified atom stereocenters. The van der Waals surface area contributed by atoms with Crippen molar-refractivity contribution in [3.05, 3.63) is 84.1 Å². The summed E-state index contributed by atoms with van der Waals surface area (Å²) in [6, 6.07) is 23.9. The van der Waals surface area contributed by atoms with E-state index in [4.69, 9.17) is 9.97 Å². The maximum absolute atomic E-state index is 13.2. The van der Waals surface area contributed by atoms with Gasteiger partial charge >= 0.3 is 6.03 Å². The average Bonchev–Trinajstić information content (AvgIpc) is 2.83. The number of amides is 2. The van der Waals surface area contributed by atoms with Crippen molar-refractivity contribution in [2.45, 2.75) is 13.0 Å². The summed E-state index contributed by atoms with van der Waals surface area (Å²) in [5.41, 5.74) is 3.84. The third kappa shape index (κ3) is 3.75. The Bertz CT molecular complexity index is 1280. The third-order valence-corrected chi connectivity index (χ3v) is 5.81. The maximum Gasteiger partial charge on any atom is 0.322 e. The molecule has 1 aliphatic rings. The highest BCUT2D eigenvalue weighted by molar-refractivity contribution is 6.01. The molecule has 5 rings (SSSR count). The molecule has 3 aromatic carbocycles. The van der Waals surface area contributed by atoms with Gasteiger partial charge in [-0.2, -0.15) is 0 Å². The monoisotopic (exact) mass is 423 g/mol. The van der Waals surface area contributed by atoms with Gasteiger partial charge in [-0.1, -0.05) is 66.7 Å². The van der Waals surface area contributed by atoms with E-state index in [1.807, 2.05) is 96.7 Å². The van der Waals surface area contributed by atoms with Crippen molar-refractivity contribution in [3.8, 4) is 11.4 Å². The van der Waals surface area contributed by atoms with Gasteiger partial charge in [0.1, 0.15) is 5.82 Å². The largest absolute Gasteiger partial charge is 0.362 e. The number of benzene rings is 3. The number of urea groups is 1. The summed E-state index contributed by atoms with van der Waals surface area (Å²) in [5.74, 6) is 1.58. The first kappa shape index (κ1) is 20.0. The van der Waals surface area contributed by atoms with Crippen LogP contribution in [0.2, 0.25) is 0 Å². The number of fused-ring (bicyclic) bond motifs is 2. The van der Waals surface area contributed by atoms with E-state index in [-0.39, 0.29) is 6.03 Å². The number of hydrogen-bond acceptors (Lipinski definition) is 4. The number of carbonyl (C=O) groups is 1. The number of aromatic nitrogens is 2. The molecule has 0 saturated heterocycles. The predicted octanol–water partition coefficient (Wildman–Crippen LogP) is 4.95. The lowest BCUT2D eigenvalue weighted by Gasteiger charge is -2.31. The van der Waals surface area contributed by atoms with Gasteiger partial charge in [0, 0.05) is 43.6 Å². The Morgan fingerprint density at radius 2 is 1.69 bits per heavy atom. The first-order valence-corrected chi connectivity index (χ1v) is 10.8. The minimum Gasteiger partial charge on any atom is -0.362 e. The van der Waals surface area contributed by atoms with Crippen LogP contribution in [0.15, 0.2) is 72.8 Å². The van der Waals surface area contributed by atoms with E-state index in [1.54, 1.807) is 0 Å². The predicted molar refractivity (Wildman–Crippen MR) is 129 cm³/mol. The van der Waals surface area contributed by atoms with Crippen LogP contribution in [0, 0.1) is 0 Å². The minimum absolute atomic E-state index is 0.108. The van der Waals surface area contributed by atoms with Crippen molar-refractivity contribution in [1.82, 2.24) is 14.9 Å². The number of nitrogens with zero attached hydrogens (tertiary/aromatic N) is 4. The van der Waals surface area contributed by atoms with Gasteiger partial charge in [-0.3, -0.25) is 0 Å². The van der Waals surface area contributed by atoms with Crippen LogP contribution in [-0.4, -0.2) is 41.5 Å². The molecule has 6 nitrogen and oxygen atoms in total. The summed E-state index contributed by atoms with van der Waals surface area (Å²) in [5, 5.41) is 5.24. The standard InChI is InChI=1S/C26H25N5O/c1-30(2)25-21-17-31(16-15-23(21)27-24(29-25)19-10-4-3-5-11-19)26(32)28-22-14-8-12-18-9-6-7-13-20(18)22/h3-14H,15-17H2,1-2H3,(H,28,32). The Hall–Kier alpha value is -3.93. The molecular weight excluding hydrogens is 398 g/mol. The normalized spacial score (nSPS) is 13.0. The van der Waals surface area contributed by atoms with Crippen LogP contribution in [0.3, 0.4) is 0 Å². The molecule has 0 saturated carbocycles. The molecule has 1 aromatic heterocycles. The second-order valence-electron chi connectivity index (χ2n) is 8.18. The van der Waals surface area contributed by atoms with Crippen LogP contribution >= 0.6 is 0 Å². The zero-order valence-corrected chi connectivity index (χ0v) is 18.2. The molecule has 0 aliphatic carbocycles. The van der Waals surface area contributed by atoms with Crippen LogP contribution in [0.4, 0.5) is 16.3 Å². The highest BCUT2D eigenvalue weighted by Crippen LogP contribution is 2.29. The smallest absolute Gasteiger partial charge is 0.322 e. The van der Waals surface area contributed by atoms with E-state index in [0.29, 0.717) is 19.5 Å². The lowest BCUT2D eigenvalue weighted by atomic mass is 10.0. The molecule has 6 heteroatoms. The topological polar surface area (TPSA) is 61.4 Å². The Balaban J connectivity index is 1.43. The molecule has 2 heterocycles. The van der Waals surface area contributed by atoms with Gasteiger partial charge in [0.2, 0.25) is 0 Å². The molecule has 4 aromatic rings. The molecule has 0 bridgehead atoms. The Kier molecular flexibility index (Phi) is 5.19. The molecule has 0 atom stereocenters. The third-order valence-electron chi connectivity index (χ3n) is 5.81. The van der Waals surface area contributed by atoms with Crippen molar-refractivity contribution in [2.75, 3.05) is 30.9 Å². The highest BCUT2D eigenvalue weighted by atomic mass is 16.2. The summed E-state index contributed by atoms with van der Waals surface area (Å²) in [7, 11) is 3.96. The number of hydrogen-bond donors (Lipinski definition) is 1. The second-order valence-corrected chi connectivity index (χ2v) is 8.18. The van der Waals surface area contributed by atoms with Gasteiger partial charge < -0.3 is 15.1 Å². The lowest BCUT2D eigenvalue weighted by molar-refractivity contribution is 0.206. The van der Waals surface area contributed by atoms with E-state index in [2.05, 4.69) is 5.32 Å². The molecule has 1 N–H and O–H groups in total. The molecule has 0 spiro atoms. The van der Waals surface area contributed by atoms with Crippen LogP contribution in [0.5, 0.6) is 0 Å². The molecule has 2 amide bonds. The van der Waals surface area contributed by atoms with Crippen molar-refractivity contribution >= 4 is 28.3 Å². The summed E-state index contributed by atoms with van der Waals surface area (Å²) >= 11 is 0. The van der Waals surface area contributed by atoms with Crippen molar-refractivity contribution in [2.24, 2.45) is 0 Å². The number of anilines is 2. The SMILES string of the molecule is CN(C)c1nc(-c2ccccc2)nc2c1CN(C(=O)Nc1cccc3ccccc13)CC2. The van der Waals surface area contributed by atoms with Crippen LogP contribution < -0.4 is 10.2 Å². The van der Waals surface area contributed by atoms with Gasteiger partial charge in [0.15, 0.2) is 5.82 Å². The molecule has 0 fully saturated rings. The van der Waals surface area contributed by atoms with Crippen molar-refractivity contribution in [3.63, 3.8) is 0 Å². The lowest BCUT2D eigenvalue weighted by Crippen LogP contribution is -2.40. The first-order valence-electron chi connectivity index (χ1n) is 10.8. The summed E-state index contributed by atoms with van der Waals surface area (Å²) in [6.45, 7) is 1.09. The van der Waals surface area contributed by atoms with Gasteiger partial charge in [0.25, 0.3) is 0 Å². The highest BCUT2D eigenvalue weighted by Gasteiger charge is 2.26. The second kappa shape index (κ2) is 8.30. The summed E-state index contributed by atoms with van der Waals surface area (Å²) < 4.78 is 0. The van der Waals surface area contributed by atoms with E-state index in [1.165, 1.54) is 0 Å². The fraction of sp³-hybridized carbons (Fsp3) is 0.192. The Labute approximate surface area is 187 Å². The van der Waals surface area contributed by atoms with Crippen LogP contribution in [-0.2, 0) is 13.0 Å². The average molecular weight is 424 g/mol. The Morgan fingerprint density at radius 1 is 0.938 bits per heavy atom. The van der Waals surface area contributed by atoms with Gasteiger partial charge in [-0.05, 0) is 11.5 Å². The van der Waals surface area contributed by atoms with E-state index < -0.39 is 0 Å². The van der Waals surface area contributed by atoms with E-state index in [0.717, 1.165) is 44.9 Å². The number of rotatable bonds is 3. The zero-order chi connectivity index (χ0) is 22.1. The summed E-state index contributed by atoms with van der Waals surface area (Å²) in [4.78, 5) is 26.7. The fourth-order valence-corrected chi connectivity index (χ4v) is 4.18.